The molecule has 1 aliphatic heterocycles. The summed E-state index contributed by atoms with van der Waals surface area (Å²) in [6, 6.07) is 26.9. The maximum atomic E-state index is 13.3. The topological polar surface area (TPSA) is 169 Å². The second kappa shape index (κ2) is 13.7. The van der Waals surface area contributed by atoms with E-state index in [2.05, 4.69) is 41.2 Å². The number of fused-ring (bicyclic) bond motifs is 2. The lowest BCUT2D eigenvalue weighted by molar-refractivity contribution is -0.278. The maximum Gasteiger partial charge on any atom is 0.341 e. The molecule has 4 N–H and O–H groups in total. The molecule has 0 radical (unpaired) electrons. The molecule has 12 heteroatoms. The zero-order valence-electron chi connectivity index (χ0n) is 28.3. The van der Waals surface area contributed by atoms with Crippen molar-refractivity contribution in [3.8, 4) is 22.5 Å². The van der Waals surface area contributed by atoms with Gasteiger partial charge < -0.3 is 39.0 Å². The number of hydrogen-bond acceptors (Lipinski definition) is 9. The van der Waals surface area contributed by atoms with Crippen LogP contribution in [0.15, 0.2) is 84.9 Å². The highest BCUT2D eigenvalue weighted by molar-refractivity contribution is 5.97. The number of carbonyl (C=O) groups excluding carboxylic acids is 1. The lowest BCUT2D eigenvalue weighted by Crippen LogP contribution is -2.60. The van der Waals surface area contributed by atoms with Gasteiger partial charge in [-0.15, -0.1) is 0 Å². The summed E-state index contributed by atoms with van der Waals surface area (Å²) >= 11 is 0. The molecule has 3 heterocycles. The fourth-order valence-corrected chi connectivity index (χ4v) is 6.77. The number of aliphatic hydroxyl groups is 3. The Kier molecular flexibility index (Phi) is 9.17. The Morgan fingerprint density at radius 1 is 0.863 bits per heavy atom. The average Bonchev–Trinajstić information content (AvgIpc) is 3.65. The lowest BCUT2D eigenvalue weighted by Gasteiger charge is -2.38. The molecule has 1 fully saturated rings. The van der Waals surface area contributed by atoms with Crippen molar-refractivity contribution in [3.05, 3.63) is 107 Å². The van der Waals surface area contributed by atoms with E-state index in [-0.39, 0.29) is 5.56 Å². The van der Waals surface area contributed by atoms with Crippen LogP contribution < -0.4 is 0 Å². The predicted octanol–water partition coefficient (Wildman–Crippen LogP) is 4.62. The van der Waals surface area contributed by atoms with Crippen LogP contribution in [-0.4, -0.2) is 82.2 Å². The van der Waals surface area contributed by atoms with Gasteiger partial charge in [-0.25, -0.2) is 19.6 Å². The first-order chi connectivity index (χ1) is 24.5. The Bertz CT molecular complexity index is 2260. The van der Waals surface area contributed by atoms with E-state index in [1.54, 1.807) is 24.3 Å². The van der Waals surface area contributed by atoms with Gasteiger partial charge in [0.05, 0.1) is 27.6 Å². The van der Waals surface area contributed by atoms with Crippen molar-refractivity contribution in [3.63, 3.8) is 0 Å². The number of benzene rings is 4. The van der Waals surface area contributed by atoms with Crippen LogP contribution in [0.5, 0.6) is 0 Å². The average molecular weight is 691 g/mol. The van der Waals surface area contributed by atoms with E-state index in [4.69, 9.17) is 19.4 Å². The third-order valence-corrected chi connectivity index (χ3v) is 9.43. The molecule has 7 rings (SSSR count). The van der Waals surface area contributed by atoms with Crippen molar-refractivity contribution < 1.29 is 39.5 Å². The molecule has 51 heavy (non-hydrogen) atoms. The molecule has 0 saturated carbocycles. The number of carboxylic acid groups (broad SMARTS) is 1. The van der Waals surface area contributed by atoms with Crippen molar-refractivity contribution in [2.75, 3.05) is 0 Å². The van der Waals surface area contributed by atoms with Gasteiger partial charge in [0.2, 0.25) is 6.29 Å². The minimum atomic E-state index is -1.90. The Morgan fingerprint density at radius 3 is 2.31 bits per heavy atom. The van der Waals surface area contributed by atoms with Gasteiger partial charge in [0, 0.05) is 25.6 Å². The van der Waals surface area contributed by atoms with Crippen LogP contribution in [-0.2, 0) is 34.3 Å². The molecule has 0 unspecified atom stereocenters. The van der Waals surface area contributed by atoms with E-state index in [1.165, 1.54) is 0 Å². The highest BCUT2D eigenvalue weighted by Gasteiger charge is 2.48. The van der Waals surface area contributed by atoms with Gasteiger partial charge in [0.15, 0.2) is 6.10 Å². The van der Waals surface area contributed by atoms with Gasteiger partial charge in [0.1, 0.15) is 30.0 Å². The molecule has 6 aromatic rings. The summed E-state index contributed by atoms with van der Waals surface area (Å²) < 4.78 is 14.8. The number of para-hydroxylation sites is 2. The first-order valence-electron chi connectivity index (χ1n) is 16.8. The summed E-state index contributed by atoms with van der Waals surface area (Å²) in [6.07, 6.45) is -7.60. The van der Waals surface area contributed by atoms with E-state index < -0.39 is 42.6 Å². The Hall–Kier alpha value is -5.40. The smallest absolute Gasteiger partial charge is 0.341 e. The first kappa shape index (κ1) is 34.1. The molecule has 262 valence electrons. The first-order valence-corrected chi connectivity index (χ1v) is 16.8. The summed E-state index contributed by atoms with van der Waals surface area (Å²) in [5.41, 5.74) is 8.48. The van der Waals surface area contributed by atoms with E-state index in [0.717, 1.165) is 68.8 Å². The number of aryl methyl sites for hydroxylation is 3. The number of imidazole rings is 2. The number of esters is 1. The van der Waals surface area contributed by atoms with Crippen molar-refractivity contribution in [2.24, 2.45) is 7.05 Å². The second-order valence-electron chi connectivity index (χ2n) is 12.9. The van der Waals surface area contributed by atoms with Crippen LogP contribution in [0, 0.1) is 6.92 Å². The summed E-state index contributed by atoms with van der Waals surface area (Å²) in [4.78, 5) is 34.8. The third-order valence-electron chi connectivity index (χ3n) is 9.43. The van der Waals surface area contributed by atoms with E-state index in [0.29, 0.717) is 12.1 Å². The summed E-state index contributed by atoms with van der Waals surface area (Å²) in [7, 11) is 2.03. The van der Waals surface area contributed by atoms with Crippen molar-refractivity contribution in [2.45, 2.75) is 63.9 Å². The van der Waals surface area contributed by atoms with Crippen LogP contribution in [0.3, 0.4) is 0 Å². The fraction of sp³-hybridized carbons (Fsp3) is 0.282. The fourth-order valence-electron chi connectivity index (χ4n) is 6.77. The quantitative estimate of drug-likeness (QED) is 0.157. The van der Waals surface area contributed by atoms with Crippen LogP contribution in [0.1, 0.15) is 40.7 Å². The zero-order chi connectivity index (χ0) is 36.0. The number of aliphatic hydroxyl groups excluding tert-OH is 3. The molecule has 12 nitrogen and oxygen atoms in total. The molecule has 0 amide bonds. The maximum absolute atomic E-state index is 13.3. The molecular formula is C39H38N4O8. The molecular weight excluding hydrogens is 652 g/mol. The Morgan fingerprint density at radius 2 is 1.59 bits per heavy atom. The lowest BCUT2D eigenvalue weighted by atomic mass is 9.98. The highest BCUT2D eigenvalue weighted by atomic mass is 16.7. The highest BCUT2D eigenvalue weighted by Crippen LogP contribution is 2.32. The summed E-state index contributed by atoms with van der Waals surface area (Å²) in [5.74, 6) is -0.595. The monoisotopic (exact) mass is 690 g/mol. The number of rotatable bonds is 9. The van der Waals surface area contributed by atoms with Gasteiger partial charge >= 0.3 is 11.9 Å². The van der Waals surface area contributed by atoms with Gasteiger partial charge in [-0.1, -0.05) is 61.5 Å². The Balaban J connectivity index is 1.17. The standard InChI is InChI=1S/C39H38N4O8/c1-4-9-30-41-31-21(2)18-24(36-40-27-12-7-8-13-28(27)42(36)3)19-29(31)43(30)20-22-14-16-23(17-15-22)25-10-5-6-11-26(25)38(49)51-39-34(46)32(44)33(45)35(50-39)37(47)48/h5-8,10-19,32-35,39,44-46H,4,9,20H2,1-3H3,(H,47,48)/t32-,33-,34+,35-,39+/m1/s1. The zero-order valence-corrected chi connectivity index (χ0v) is 28.3. The molecule has 1 saturated heterocycles. The summed E-state index contributed by atoms with van der Waals surface area (Å²) in [5, 5.41) is 39.8. The number of aromatic nitrogens is 4. The number of carboxylic acids is 1. The minimum absolute atomic E-state index is 0.143. The summed E-state index contributed by atoms with van der Waals surface area (Å²) in [6.45, 7) is 4.78. The molecule has 4 aromatic carbocycles. The molecule has 0 aliphatic carbocycles. The van der Waals surface area contributed by atoms with Gasteiger partial charge in [-0.2, -0.15) is 0 Å². The SMILES string of the molecule is CCCc1nc2c(C)cc(-c3nc4ccccc4n3C)cc2n1Cc1ccc(-c2ccccc2C(=O)O[C@@H]2O[C@@H](C(=O)O)[C@H](O)[C@@H](O)[C@@H]2O)cc1. The largest absolute Gasteiger partial charge is 0.479 e. The molecule has 5 atom stereocenters. The number of ether oxygens (including phenoxy) is 2. The van der Waals surface area contributed by atoms with Crippen LogP contribution in [0.25, 0.3) is 44.6 Å². The van der Waals surface area contributed by atoms with Crippen LogP contribution in [0.4, 0.5) is 0 Å². The van der Waals surface area contributed by atoms with Crippen molar-refractivity contribution >= 4 is 34.0 Å². The predicted molar refractivity (Wildman–Crippen MR) is 189 cm³/mol. The van der Waals surface area contributed by atoms with Crippen molar-refractivity contribution in [1.29, 1.82) is 0 Å². The number of aliphatic carboxylic acids is 1. The molecule has 0 bridgehead atoms. The second-order valence-corrected chi connectivity index (χ2v) is 12.9. The van der Waals surface area contributed by atoms with E-state index >= 15 is 0 Å². The normalized spacial score (nSPS) is 20.5. The van der Waals surface area contributed by atoms with Gasteiger partial charge in [0.25, 0.3) is 0 Å². The number of nitrogens with zero attached hydrogens (tertiary/aromatic N) is 4. The molecule has 1 aliphatic rings. The van der Waals surface area contributed by atoms with Gasteiger partial charge in [-0.05, 0) is 65.9 Å². The van der Waals surface area contributed by atoms with E-state index in [9.17, 15) is 30.0 Å². The Labute approximate surface area is 293 Å². The number of hydrogen-bond donors (Lipinski definition) is 4. The van der Waals surface area contributed by atoms with Crippen molar-refractivity contribution in [1.82, 2.24) is 19.1 Å². The van der Waals surface area contributed by atoms with Gasteiger partial charge in [-0.3, -0.25) is 0 Å². The molecule has 0 spiro atoms. The minimum Gasteiger partial charge on any atom is -0.479 e. The molecule has 2 aromatic heterocycles. The van der Waals surface area contributed by atoms with Crippen LogP contribution in [0.2, 0.25) is 0 Å². The third kappa shape index (κ3) is 6.27. The van der Waals surface area contributed by atoms with E-state index in [1.807, 2.05) is 49.5 Å². The number of carbonyl (C=O) groups is 2. The van der Waals surface area contributed by atoms with Crippen LogP contribution >= 0.6 is 0 Å².